The molecule has 2 aromatic carbocycles. The maximum absolute atomic E-state index is 12.4. The summed E-state index contributed by atoms with van der Waals surface area (Å²) < 4.78 is 0. The van der Waals surface area contributed by atoms with Crippen LogP contribution in [0.1, 0.15) is 20.8 Å². The molecule has 0 aliphatic heterocycles. The summed E-state index contributed by atoms with van der Waals surface area (Å²) in [6.45, 7) is 0. The van der Waals surface area contributed by atoms with Crippen molar-refractivity contribution in [1.82, 2.24) is 15.4 Å². The maximum Gasteiger partial charge on any atom is 0.293 e. The van der Waals surface area contributed by atoms with Gasteiger partial charge < -0.3 is 15.8 Å². The van der Waals surface area contributed by atoms with E-state index < -0.39 is 16.7 Å². The predicted molar refractivity (Wildman–Crippen MR) is 114 cm³/mol. The lowest BCUT2D eigenvalue weighted by molar-refractivity contribution is -0.383. The number of hydrazine groups is 1. The van der Waals surface area contributed by atoms with E-state index in [-0.39, 0.29) is 28.2 Å². The summed E-state index contributed by atoms with van der Waals surface area (Å²) in [5.41, 5.74) is 11.7. The van der Waals surface area contributed by atoms with E-state index in [2.05, 4.69) is 20.8 Å². The number of fused-ring (bicyclic) bond motifs is 1. The van der Waals surface area contributed by atoms with Crippen molar-refractivity contribution in [3.63, 3.8) is 0 Å². The molecule has 2 heterocycles. The average molecular weight is 438 g/mol. The standard InChI is InChI=1S/C19H14N6O5S/c20-17(27)11-6-9(4-5-15(11)26)13-8-31-19(22-13)24-23-18(28)12-7-10-2-1-3-14(25(29)30)16(10)21-12/h1-8,21,26H,(H2,20,27)(H,22,24)(H,23,28). The Hall–Kier alpha value is -4.45. The van der Waals surface area contributed by atoms with Crippen LogP contribution in [0.4, 0.5) is 10.8 Å². The van der Waals surface area contributed by atoms with E-state index in [4.69, 9.17) is 5.73 Å². The van der Waals surface area contributed by atoms with E-state index in [0.717, 1.165) is 0 Å². The number of nitrogens with one attached hydrogen (secondary N) is 3. The van der Waals surface area contributed by atoms with E-state index in [1.165, 1.54) is 41.7 Å². The summed E-state index contributed by atoms with van der Waals surface area (Å²) in [7, 11) is 0. The number of H-pyrrole nitrogens is 1. The molecule has 0 aliphatic rings. The van der Waals surface area contributed by atoms with Crippen LogP contribution >= 0.6 is 11.3 Å². The molecule has 0 spiro atoms. The number of nitrogens with zero attached hydrogens (tertiary/aromatic N) is 2. The van der Waals surface area contributed by atoms with E-state index in [9.17, 15) is 24.8 Å². The van der Waals surface area contributed by atoms with Gasteiger partial charge in [-0.3, -0.25) is 30.6 Å². The highest BCUT2D eigenvalue weighted by atomic mass is 32.1. The minimum Gasteiger partial charge on any atom is -0.507 e. The van der Waals surface area contributed by atoms with Gasteiger partial charge in [0.15, 0.2) is 0 Å². The number of hydrogen-bond acceptors (Lipinski definition) is 8. The number of para-hydroxylation sites is 1. The third kappa shape index (κ3) is 3.86. The summed E-state index contributed by atoms with van der Waals surface area (Å²) in [6.07, 6.45) is 0. The number of nitro groups is 1. The number of nitro benzene ring substituents is 1. The largest absolute Gasteiger partial charge is 0.507 e. The number of non-ortho nitro benzene ring substituents is 1. The molecule has 6 N–H and O–H groups in total. The molecule has 4 aromatic rings. The Morgan fingerprint density at radius 1 is 1.23 bits per heavy atom. The van der Waals surface area contributed by atoms with Gasteiger partial charge in [0.2, 0.25) is 5.13 Å². The molecule has 0 fully saturated rings. The predicted octanol–water partition coefficient (Wildman–Crippen LogP) is 2.76. The SMILES string of the molecule is NC(=O)c1cc(-c2csc(NNC(=O)c3cc4cccc([N+](=O)[O-])c4[nH]3)n2)ccc1O. The highest BCUT2D eigenvalue weighted by molar-refractivity contribution is 7.14. The number of aromatic amines is 1. The van der Waals surface area contributed by atoms with Crippen LogP contribution < -0.4 is 16.6 Å². The number of thiazole rings is 1. The smallest absolute Gasteiger partial charge is 0.293 e. The number of primary amides is 1. The van der Waals surface area contributed by atoms with Crippen LogP contribution in [0.5, 0.6) is 5.75 Å². The van der Waals surface area contributed by atoms with Crippen molar-refractivity contribution >= 4 is 44.9 Å². The average Bonchev–Trinajstić information content (AvgIpc) is 3.39. The van der Waals surface area contributed by atoms with Gasteiger partial charge in [-0.15, -0.1) is 11.3 Å². The van der Waals surface area contributed by atoms with Gasteiger partial charge in [-0.25, -0.2) is 4.98 Å². The minimum absolute atomic E-state index is 0.0267. The van der Waals surface area contributed by atoms with Crippen molar-refractivity contribution in [2.75, 3.05) is 5.43 Å². The highest BCUT2D eigenvalue weighted by Crippen LogP contribution is 2.29. The van der Waals surface area contributed by atoms with E-state index in [1.807, 2.05) is 0 Å². The third-order valence-corrected chi connectivity index (χ3v) is 5.18. The number of aromatic nitrogens is 2. The highest BCUT2D eigenvalue weighted by Gasteiger charge is 2.17. The van der Waals surface area contributed by atoms with Crippen molar-refractivity contribution in [2.45, 2.75) is 0 Å². The molecule has 12 heteroatoms. The first-order valence-electron chi connectivity index (χ1n) is 8.74. The van der Waals surface area contributed by atoms with Crippen LogP contribution in [0.2, 0.25) is 0 Å². The monoisotopic (exact) mass is 438 g/mol. The summed E-state index contributed by atoms with van der Waals surface area (Å²) in [5.74, 6) is -1.53. The zero-order chi connectivity index (χ0) is 22.1. The quantitative estimate of drug-likeness (QED) is 0.227. The molecular weight excluding hydrogens is 424 g/mol. The number of amides is 2. The fourth-order valence-corrected chi connectivity index (χ4v) is 3.62. The van der Waals surface area contributed by atoms with Crippen LogP contribution in [-0.4, -0.2) is 31.8 Å². The van der Waals surface area contributed by atoms with Gasteiger partial charge in [0, 0.05) is 22.4 Å². The number of rotatable bonds is 6. The number of carbonyl (C=O) groups excluding carboxylic acids is 2. The fourth-order valence-electron chi connectivity index (χ4n) is 2.95. The Morgan fingerprint density at radius 2 is 2.03 bits per heavy atom. The Balaban J connectivity index is 1.49. The molecule has 0 unspecified atom stereocenters. The molecule has 11 nitrogen and oxygen atoms in total. The summed E-state index contributed by atoms with van der Waals surface area (Å²) in [6, 6.07) is 10.4. The number of carbonyl (C=O) groups is 2. The summed E-state index contributed by atoms with van der Waals surface area (Å²) in [4.78, 5) is 41.5. The molecule has 4 rings (SSSR count). The summed E-state index contributed by atoms with van der Waals surface area (Å²) >= 11 is 1.20. The Morgan fingerprint density at radius 3 is 2.77 bits per heavy atom. The van der Waals surface area contributed by atoms with Crippen molar-refractivity contribution in [3.8, 4) is 17.0 Å². The van der Waals surface area contributed by atoms with Crippen molar-refractivity contribution in [2.24, 2.45) is 5.73 Å². The number of aromatic hydroxyl groups is 1. The Kier molecular flexibility index (Phi) is 4.97. The number of nitrogens with two attached hydrogens (primary N) is 1. The second kappa shape index (κ2) is 7.76. The lowest BCUT2D eigenvalue weighted by Crippen LogP contribution is -2.29. The van der Waals surface area contributed by atoms with Crippen LogP contribution in [0.3, 0.4) is 0 Å². The molecule has 0 saturated heterocycles. The molecule has 2 aromatic heterocycles. The zero-order valence-corrected chi connectivity index (χ0v) is 16.4. The molecule has 0 saturated carbocycles. The third-order valence-electron chi connectivity index (χ3n) is 4.42. The van der Waals surface area contributed by atoms with Gasteiger partial charge >= 0.3 is 0 Å². The van der Waals surface area contributed by atoms with Crippen molar-refractivity contribution < 1.29 is 19.6 Å². The second-order valence-corrected chi connectivity index (χ2v) is 7.25. The van der Waals surface area contributed by atoms with Crippen LogP contribution in [0.25, 0.3) is 22.2 Å². The van der Waals surface area contributed by atoms with Crippen LogP contribution in [0, 0.1) is 10.1 Å². The van der Waals surface area contributed by atoms with Gasteiger partial charge in [-0.05, 0) is 24.3 Å². The molecule has 2 amide bonds. The number of benzene rings is 2. The van der Waals surface area contributed by atoms with Gasteiger partial charge in [-0.2, -0.15) is 0 Å². The summed E-state index contributed by atoms with van der Waals surface area (Å²) in [5, 5.41) is 23.4. The molecular formula is C19H14N6O5S. The molecule has 0 bridgehead atoms. The molecule has 156 valence electrons. The van der Waals surface area contributed by atoms with E-state index >= 15 is 0 Å². The van der Waals surface area contributed by atoms with Gasteiger partial charge in [0.1, 0.15) is 17.0 Å². The Labute approximate surface area is 177 Å². The zero-order valence-electron chi connectivity index (χ0n) is 15.6. The van der Waals surface area contributed by atoms with Gasteiger partial charge in [0.25, 0.3) is 17.5 Å². The number of hydrogen-bond donors (Lipinski definition) is 5. The van der Waals surface area contributed by atoms with E-state index in [1.54, 1.807) is 17.5 Å². The van der Waals surface area contributed by atoms with Gasteiger partial charge in [0.05, 0.1) is 16.2 Å². The molecule has 0 aliphatic carbocycles. The second-order valence-electron chi connectivity index (χ2n) is 6.39. The van der Waals surface area contributed by atoms with Crippen LogP contribution in [-0.2, 0) is 0 Å². The van der Waals surface area contributed by atoms with E-state index in [0.29, 0.717) is 21.8 Å². The van der Waals surface area contributed by atoms with Crippen molar-refractivity contribution in [3.05, 3.63) is 69.2 Å². The number of phenols is 1. The first-order valence-corrected chi connectivity index (χ1v) is 9.62. The minimum atomic E-state index is -0.765. The first-order chi connectivity index (χ1) is 14.8. The molecule has 31 heavy (non-hydrogen) atoms. The maximum atomic E-state index is 12.4. The van der Waals surface area contributed by atoms with Crippen LogP contribution in [0.15, 0.2) is 47.8 Å². The fraction of sp³-hybridized carbons (Fsp3) is 0. The Bertz CT molecular complexity index is 1340. The van der Waals surface area contributed by atoms with Gasteiger partial charge in [-0.1, -0.05) is 12.1 Å². The van der Waals surface area contributed by atoms with Crippen molar-refractivity contribution in [1.29, 1.82) is 0 Å². The normalized spacial score (nSPS) is 10.7. The molecule has 0 radical (unpaired) electrons. The lowest BCUT2D eigenvalue weighted by atomic mass is 10.1. The number of anilines is 1. The molecule has 0 atom stereocenters. The lowest BCUT2D eigenvalue weighted by Gasteiger charge is -2.04. The topological polar surface area (TPSA) is 176 Å². The first kappa shape index (κ1) is 19.8.